The van der Waals surface area contributed by atoms with Gasteiger partial charge in [-0.3, -0.25) is 9.59 Å². The van der Waals surface area contributed by atoms with Crippen molar-refractivity contribution < 1.29 is 19.1 Å². The molecule has 14 heavy (non-hydrogen) atoms. The molecule has 0 bridgehead atoms. The summed E-state index contributed by atoms with van der Waals surface area (Å²) in [5, 5.41) is 0. The first-order chi connectivity index (χ1) is 6.39. The molecule has 0 spiro atoms. The van der Waals surface area contributed by atoms with Gasteiger partial charge in [-0.15, -0.1) is 0 Å². The Labute approximate surface area is 84.6 Å². The van der Waals surface area contributed by atoms with Crippen LogP contribution in [0.3, 0.4) is 0 Å². The quantitative estimate of drug-likeness (QED) is 0.634. The third-order valence-corrected chi connectivity index (χ3v) is 2.10. The Morgan fingerprint density at radius 2 is 1.43 bits per heavy atom. The van der Waals surface area contributed by atoms with Crippen LogP contribution < -0.4 is 0 Å². The molecule has 0 unspecified atom stereocenters. The molecule has 0 fully saturated rings. The molecular formula is C10H18O4. The number of ether oxygens (including phenoxy) is 2. The summed E-state index contributed by atoms with van der Waals surface area (Å²) >= 11 is 0. The average molecular weight is 202 g/mol. The molecule has 0 aliphatic rings. The first-order valence-corrected chi connectivity index (χ1v) is 4.66. The molecule has 82 valence electrons. The van der Waals surface area contributed by atoms with Gasteiger partial charge >= 0.3 is 11.9 Å². The molecule has 0 saturated carbocycles. The summed E-state index contributed by atoms with van der Waals surface area (Å²) in [6.45, 7) is 7.17. The smallest absolute Gasteiger partial charge is 0.302 e. The van der Waals surface area contributed by atoms with Crippen LogP contribution >= 0.6 is 0 Å². The van der Waals surface area contributed by atoms with E-state index >= 15 is 0 Å². The Bertz CT molecular complexity index is 192. The number of hydrogen-bond acceptors (Lipinski definition) is 4. The van der Waals surface area contributed by atoms with Crippen molar-refractivity contribution in [1.29, 1.82) is 0 Å². The lowest BCUT2D eigenvalue weighted by Crippen LogP contribution is -2.30. The number of carbonyl (C=O) groups is 2. The van der Waals surface area contributed by atoms with E-state index in [1.807, 2.05) is 13.8 Å². The number of rotatable bonds is 5. The highest BCUT2D eigenvalue weighted by Gasteiger charge is 2.25. The van der Waals surface area contributed by atoms with Crippen LogP contribution in [0.5, 0.6) is 0 Å². The Morgan fingerprint density at radius 3 is 1.64 bits per heavy atom. The zero-order valence-corrected chi connectivity index (χ0v) is 9.25. The largest absolute Gasteiger partial charge is 0.465 e. The molecule has 0 saturated heterocycles. The van der Waals surface area contributed by atoms with Crippen molar-refractivity contribution >= 4 is 11.9 Å². The van der Waals surface area contributed by atoms with Crippen LogP contribution in [0.15, 0.2) is 0 Å². The van der Waals surface area contributed by atoms with Crippen molar-refractivity contribution in [2.75, 3.05) is 13.2 Å². The van der Waals surface area contributed by atoms with Gasteiger partial charge in [0.1, 0.15) is 0 Å². The van der Waals surface area contributed by atoms with E-state index in [2.05, 4.69) is 0 Å². The second-order valence-corrected chi connectivity index (χ2v) is 3.72. The molecule has 0 N–H and O–H groups in total. The molecule has 4 nitrogen and oxygen atoms in total. The highest BCUT2D eigenvalue weighted by atomic mass is 16.5. The van der Waals surface area contributed by atoms with Crippen molar-refractivity contribution in [3.8, 4) is 0 Å². The van der Waals surface area contributed by atoms with Crippen LogP contribution in [-0.4, -0.2) is 25.2 Å². The third-order valence-electron chi connectivity index (χ3n) is 2.10. The highest BCUT2D eigenvalue weighted by molar-refractivity contribution is 5.66. The van der Waals surface area contributed by atoms with E-state index in [-0.39, 0.29) is 30.6 Å². The van der Waals surface area contributed by atoms with Gasteiger partial charge < -0.3 is 9.47 Å². The van der Waals surface area contributed by atoms with Crippen LogP contribution in [0, 0.1) is 5.41 Å². The van der Waals surface area contributed by atoms with Gasteiger partial charge in [-0.25, -0.2) is 0 Å². The molecule has 0 aromatic heterocycles. The van der Waals surface area contributed by atoms with E-state index in [0.717, 1.165) is 6.42 Å². The van der Waals surface area contributed by atoms with Crippen LogP contribution in [-0.2, 0) is 19.1 Å². The number of hydrogen-bond donors (Lipinski definition) is 0. The lowest BCUT2D eigenvalue weighted by Gasteiger charge is -2.26. The van der Waals surface area contributed by atoms with Crippen molar-refractivity contribution in [2.24, 2.45) is 5.41 Å². The summed E-state index contributed by atoms with van der Waals surface area (Å²) < 4.78 is 9.80. The predicted octanol–water partition coefficient (Wildman–Crippen LogP) is 1.53. The Kier molecular flexibility index (Phi) is 5.20. The van der Waals surface area contributed by atoms with Gasteiger partial charge in [0.25, 0.3) is 0 Å². The minimum absolute atomic E-state index is 0.280. The fourth-order valence-corrected chi connectivity index (χ4v) is 0.798. The molecule has 0 heterocycles. The Balaban J connectivity index is 4.03. The van der Waals surface area contributed by atoms with Gasteiger partial charge in [-0.05, 0) is 6.42 Å². The molecule has 0 aliphatic carbocycles. The van der Waals surface area contributed by atoms with E-state index in [9.17, 15) is 9.59 Å². The summed E-state index contributed by atoms with van der Waals surface area (Å²) in [5.74, 6) is -0.625. The monoisotopic (exact) mass is 202 g/mol. The minimum Gasteiger partial charge on any atom is -0.465 e. The molecule has 0 aromatic rings. The minimum atomic E-state index is -0.312. The highest BCUT2D eigenvalue weighted by Crippen LogP contribution is 2.21. The fraction of sp³-hybridized carbons (Fsp3) is 0.800. The summed E-state index contributed by atoms with van der Waals surface area (Å²) in [5.41, 5.74) is -0.280. The van der Waals surface area contributed by atoms with Gasteiger partial charge in [0.2, 0.25) is 0 Å². The van der Waals surface area contributed by atoms with E-state index in [1.54, 1.807) is 0 Å². The van der Waals surface area contributed by atoms with Gasteiger partial charge in [0.05, 0.1) is 13.2 Å². The molecule has 0 atom stereocenters. The Morgan fingerprint density at radius 1 is 1.07 bits per heavy atom. The van der Waals surface area contributed by atoms with E-state index in [4.69, 9.17) is 9.47 Å². The van der Waals surface area contributed by atoms with Gasteiger partial charge in [-0.1, -0.05) is 13.8 Å². The first-order valence-electron chi connectivity index (χ1n) is 4.66. The molecule has 4 heteroatoms. The average Bonchev–Trinajstić information content (AvgIpc) is 2.11. The molecule has 0 rings (SSSR count). The van der Waals surface area contributed by atoms with Crippen molar-refractivity contribution in [3.63, 3.8) is 0 Å². The van der Waals surface area contributed by atoms with Crippen LogP contribution in [0.25, 0.3) is 0 Å². The maximum Gasteiger partial charge on any atom is 0.302 e. The van der Waals surface area contributed by atoms with E-state index in [0.29, 0.717) is 0 Å². The molecule has 0 radical (unpaired) electrons. The molecule has 0 amide bonds. The maximum atomic E-state index is 10.6. The molecule has 0 aliphatic heterocycles. The van der Waals surface area contributed by atoms with E-state index < -0.39 is 0 Å². The van der Waals surface area contributed by atoms with Crippen molar-refractivity contribution in [2.45, 2.75) is 34.1 Å². The zero-order valence-electron chi connectivity index (χ0n) is 9.25. The van der Waals surface area contributed by atoms with Crippen molar-refractivity contribution in [3.05, 3.63) is 0 Å². The lowest BCUT2D eigenvalue weighted by atomic mass is 9.90. The SMILES string of the molecule is CCC(C)(COC(C)=O)COC(C)=O. The van der Waals surface area contributed by atoms with Crippen molar-refractivity contribution in [1.82, 2.24) is 0 Å². The number of esters is 2. The summed E-state index contributed by atoms with van der Waals surface area (Å²) in [6.07, 6.45) is 0.785. The summed E-state index contributed by atoms with van der Waals surface area (Å²) in [7, 11) is 0. The normalized spacial score (nSPS) is 10.9. The maximum absolute atomic E-state index is 10.6. The van der Waals surface area contributed by atoms with Gasteiger partial charge in [-0.2, -0.15) is 0 Å². The summed E-state index contributed by atoms with van der Waals surface area (Å²) in [4.78, 5) is 21.2. The standard InChI is InChI=1S/C10H18O4/c1-5-10(4,6-13-8(2)11)7-14-9(3)12/h5-7H2,1-4H3. The fourth-order valence-electron chi connectivity index (χ4n) is 0.798. The summed E-state index contributed by atoms with van der Waals surface area (Å²) in [6, 6.07) is 0. The first kappa shape index (κ1) is 12.9. The second-order valence-electron chi connectivity index (χ2n) is 3.72. The van der Waals surface area contributed by atoms with Crippen LogP contribution in [0.1, 0.15) is 34.1 Å². The predicted molar refractivity (Wildman–Crippen MR) is 51.7 cm³/mol. The lowest BCUT2D eigenvalue weighted by molar-refractivity contribution is -0.150. The number of carbonyl (C=O) groups excluding carboxylic acids is 2. The zero-order chi connectivity index (χ0) is 11.2. The Hall–Kier alpha value is -1.06. The van der Waals surface area contributed by atoms with Gasteiger partial charge in [0, 0.05) is 19.3 Å². The topological polar surface area (TPSA) is 52.6 Å². The van der Waals surface area contributed by atoms with Crippen LogP contribution in [0.4, 0.5) is 0 Å². The van der Waals surface area contributed by atoms with Gasteiger partial charge in [0.15, 0.2) is 0 Å². The van der Waals surface area contributed by atoms with Crippen LogP contribution in [0.2, 0.25) is 0 Å². The third kappa shape index (κ3) is 5.56. The molecule has 0 aromatic carbocycles. The second kappa shape index (κ2) is 5.62. The molecular weight excluding hydrogens is 184 g/mol. The van der Waals surface area contributed by atoms with E-state index in [1.165, 1.54) is 13.8 Å².